The molecule has 1 heterocycles. The molecule has 0 spiro atoms. The van der Waals surface area contributed by atoms with Crippen molar-refractivity contribution in [1.82, 2.24) is 4.98 Å². The van der Waals surface area contributed by atoms with E-state index in [1.54, 1.807) is 11.3 Å². The number of hydrogen-bond acceptors (Lipinski definition) is 4. The normalized spacial score (nSPS) is 12.0. The fourth-order valence-electron chi connectivity index (χ4n) is 2.21. The predicted molar refractivity (Wildman–Crippen MR) is 88.9 cm³/mol. The smallest absolute Gasteiger partial charge is 0.140 e. The Balaban J connectivity index is 2.03. The van der Waals surface area contributed by atoms with Crippen LogP contribution in [0.4, 0.5) is 0 Å². The molecule has 1 aromatic carbocycles. The fraction of sp³-hybridized carbons (Fsp3) is 0.471. The number of thiazole rings is 1. The van der Waals surface area contributed by atoms with Crippen molar-refractivity contribution >= 4 is 11.3 Å². The molecule has 2 aromatic rings. The maximum absolute atomic E-state index is 6.15. The third-order valence-corrected chi connectivity index (χ3v) is 4.81. The zero-order valence-corrected chi connectivity index (χ0v) is 14.3. The number of aryl methyl sites for hydroxylation is 1. The molecule has 0 saturated carbocycles. The van der Waals surface area contributed by atoms with Crippen LogP contribution >= 0.6 is 11.3 Å². The molecule has 0 saturated heterocycles. The monoisotopic (exact) mass is 304 g/mol. The first-order chi connectivity index (χ1) is 9.77. The zero-order chi connectivity index (χ0) is 15.6. The molecule has 0 atom stereocenters. The molecule has 0 aliphatic carbocycles. The van der Waals surface area contributed by atoms with E-state index in [-0.39, 0.29) is 5.54 Å². The predicted octanol–water partition coefficient (Wildman–Crippen LogP) is 4.35. The molecule has 0 aliphatic rings. The third-order valence-electron chi connectivity index (χ3n) is 3.34. The maximum atomic E-state index is 6.15. The van der Waals surface area contributed by atoms with E-state index in [9.17, 15) is 0 Å². The molecule has 2 N–H and O–H groups in total. The van der Waals surface area contributed by atoms with Gasteiger partial charge in [-0.2, -0.15) is 0 Å². The molecule has 0 fully saturated rings. The molecular weight excluding hydrogens is 280 g/mol. The third kappa shape index (κ3) is 4.05. The van der Waals surface area contributed by atoms with Crippen LogP contribution < -0.4 is 10.5 Å². The van der Waals surface area contributed by atoms with Crippen molar-refractivity contribution in [3.05, 3.63) is 45.4 Å². The van der Waals surface area contributed by atoms with E-state index in [0.717, 1.165) is 21.3 Å². The van der Waals surface area contributed by atoms with E-state index in [2.05, 4.69) is 31.0 Å². The maximum Gasteiger partial charge on any atom is 0.140 e. The van der Waals surface area contributed by atoms with Crippen LogP contribution in [-0.2, 0) is 12.1 Å². The lowest BCUT2D eigenvalue weighted by Crippen LogP contribution is -2.28. The van der Waals surface area contributed by atoms with E-state index in [4.69, 9.17) is 10.5 Å². The molecule has 3 nitrogen and oxygen atoms in total. The minimum absolute atomic E-state index is 0.348. The van der Waals surface area contributed by atoms with Crippen LogP contribution in [0.25, 0.3) is 0 Å². The summed E-state index contributed by atoms with van der Waals surface area (Å²) in [5.74, 6) is 1.41. The average Bonchev–Trinajstić information content (AvgIpc) is 2.78. The first-order valence-corrected chi connectivity index (χ1v) is 8.07. The van der Waals surface area contributed by atoms with E-state index < -0.39 is 0 Å². The van der Waals surface area contributed by atoms with Crippen LogP contribution in [0.5, 0.6) is 5.75 Å². The van der Waals surface area contributed by atoms with Crippen LogP contribution in [0.3, 0.4) is 0 Å². The second-order valence-corrected chi connectivity index (χ2v) is 7.34. The van der Waals surface area contributed by atoms with Crippen molar-refractivity contribution < 1.29 is 4.74 Å². The van der Waals surface area contributed by atoms with E-state index >= 15 is 0 Å². The van der Waals surface area contributed by atoms with E-state index in [1.165, 1.54) is 5.56 Å². The van der Waals surface area contributed by atoms with Gasteiger partial charge in [-0.3, -0.25) is 0 Å². The number of benzene rings is 1. The van der Waals surface area contributed by atoms with Gasteiger partial charge in [0.25, 0.3) is 0 Å². The van der Waals surface area contributed by atoms with E-state index in [1.807, 2.05) is 32.9 Å². The van der Waals surface area contributed by atoms with Crippen molar-refractivity contribution in [2.75, 3.05) is 0 Å². The lowest BCUT2D eigenvalue weighted by atomic mass is 10.0. The first kappa shape index (κ1) is 16.0. The summed E-state index contributed by atoms with van der Waals surface area (Å²) in [5, 5.41) is 0.967. The molecule has 0 radical (unpaired) electrons. The molecule has 0 unspecified atom stereocenters. The van der Waals surface area contributed by atoms with Crippen molar-refractivity contribution in [3.8, 4) is 5.75 Å². The van der Waals surface area contributed by atoms with E-state index in [0.29, 0.717) is 12.5 Å². The van der Waals surface area contributed by atoms with Crippen molar-refractivity contribution in [1.29, 1.82) is 0 Å². The Morgan fingerprint density at radius 3 is 2.33 bits per heavy atom. The zero-order valence-electron chi connectivity index (χ0n) is 13.4. The Hall–Kier alpha value is -1.39. The summed E-state index contributed by atoms with van der Waals surface area (Å²) in [6, 6.07) is 8.26. The fourth-order valence-corrected chi connectivity index (χ4v) is 3.20. The second-order valence-electron chi connectivity index (χ2n) is 6.26. The second kappa shape index (κ2) is 6.16. The standard InChI is InChI=1S/C17H24N2OS/c1-11(2)13-6-8-14(9-7-13)20-10-15-19-12(3)16(21-15)17(4,5)18/h6-9,11H,10,18H2,1-5H3. The summed E-state index contributed by atoms with van der Waals surface area (Å²) in [6.45, 7) is 10.9. The minimum atomic E-state index is -0.348. The Bertz CT molecular complexity index is 594. The molecular formula is C17H24N2OS. The molecule has 4 heteroatoms. The molecule has 0 bridgehead atoms. The largest absolute Gasteiger partial charge is 0.486 e. The number of rotatable bonds is 5. The van der Waals surface area contributed by atoms with Gasteiger partial charge >= 0.3 is 0 Å². The van der Waals surface area contributed by atoms with Gasteiger partial charge in [-0.05, 0) is 44.4 Å². The SMILES string of the molecule is Cc1nc(COc2ccc(C(C)C)cc2)sc1C(C)(C)N. The molecule has 1 aromatic heterocycles. The molecule has 114 valence electrons. The van der Waals surface area contributed by atoms with Gasteiger partial charge < -0.3 is 10.5 Å². The number of aromatic nitrogens is 1. The van der Waals surface area contributed by atoms with Gasteiger partial charge in [0.05, 0.1) is 5.69 Å². The molecule has 21 heavy (non-hydrogen) atoms. The van der Waals surface area contributed by atoms with Gasteiger partial charge in [0.15, 0.2) is 0 Å². The Morgan fingerprint density at radius 1 is 1.24 bits per heavy atom. The van der Waals surface area contributed by atoms with Crippen LogP contribution in [0.15, 0.2) is 24.3 Å². The van der Waals surface area contributed by atoms with Crippen LogP contribution in [0, 0.1) is 6.92 Å². The molecule has 0 aliphatic heterocycles. The number of nitrogens with zero attached hydrogens (tertiary/aromatic N) is 1. The van der Waals surface area contributed by atoms with Gasteiger partial charge in [0.1, 0.15) is 17.4 Å². The lowest BCUT2D eigenvalue weighted by Gasteiger charge is -2.16. The Morgan fingerprint density at radius 2 is 1.86 bits per heavy atom. The highest BCUT2D eigenvalue weighted by Gasteiger charge is 2.21. The highest BCUT2D eigenvalue weighted by Crippen LogP contribution is 2.28. The van der Waals surface area contributed by atoms with Gasteiger partial charge in [0.2, 0.25) is 0 Å². The molecule has 2 rings (SSSR count). The summed E-state index contributed by atoms with van der Waals surface area (Å²) < 4.78 is 5.81. The quantitative estimate of drug-likeness (QED) is 0.893. The number of ether oxygens (including phenoxy) is 1. The average molecular weight is 304 g/mol. The van der Waals surface area contributed by atoms with Crippen molar-refractivity contribution in [3.63, 3.8) is 0 Å². The van der Waals surface area contributed by atoms with Crippen molar-refractivity contribution in [2.24, 2.45) is 5.73 Å². The summed E-state index contributed by atoms with van der Waals surface area (Å²) in [6.07, 6.45) is 0. The lowest BCUT2D eigenvalue weighted by molar-refractivity contribution is 0.305. The molecule has 0 amide bonds. The Labute approximate surface area is 131 Å². The highest BCUT2D eigenvalue weighted by molar-refractivity contribution is 7.11. The van der Waals surface area contributed by atoms with Gasteiger partial charge in [0, 0.05) is 10.4 Å². The summed E-state index contributed by atoms with van der Waals surface area (Å²) in [7, 11) is 0. The number of nitrogens with two attached hydrogens (primary N) is 1. The van der Waals surface area contributed by atoms with Crippen molar-refractivity contribution in [2.45, 2.75) is 52.7 Å². The summed E-state index contributed by atoms with van der Waals surface area (Å²) >= 11 is 1.63. The van der Waals surface area contributed by atoms with Gasteiger partial charge in [-0.25, -0.2) is 4.98 Å². The summed E-state index contributed by atoms with van der Waals surface area (Å²) in [4.78, 5) is 5.67. The van der Waals surface area contributed by atoms with Crippen LogP contribution in [0.2, 0.25) is 0 Å². The highest BCUT2D eigenvalue weighted by atomic mass is 32.1. The van der Waals surface area contributed by atoms with Crippen LogP contribution in [-0.4, -0.2) is 4.98 Å². The number of hydrogen-bond donors (Lipinski definition) is 1. The topological polar surface area (TPSA) is 48.1 Å². The minimum Gasteiger partial charge on any atom is -0.486 e. The van der Waals surface area contributed by atoms with Gasteiger partial charge in [-0.15, -0.1) is 11.3 Å². The first-order valence-electron chi connectivity index (χ1n) is 7.26. The Kier molecular flexibility index (Phi) is 4.69. The van der Waals surface area contributed by atoms with Gasteiger partial charge in [-0.1, -0.05) is 26.0 Å². The van der Waals surface area contributed by atoms with Crippen LogP contribution in [0.1, 0.15) is 54.8 Å². The summed E-state index contributed by atoms with van der Waals surface area (Å²) in [5.41, 5.74) is 8.12.